The maximum absolute atomic E-state index is 11.8. The van der Waals surface area contributed by atoms with Crippen molar-refractivity contribution < 1.29 is 4.79 Å². The molecule has 1 N–H and O–H groups in total. The third kappa shape index (κ3) is 6.92. The summed E-state index contributed by atoms with van der Waals surface area (Å²) in [5, 5.41) is 11.6. The van der Waals surface area contributed by atoms with Gasteiger partial charge in [0.15, 0.2) is 0 Å². The summed E-state index contributed by atoms with van der Waals surface area (Å²) in [6.45, 7) is 6.45. The number of hydrogen-bond donors (Lipinski definition) is 1. The van der Waals surface area contributed by atoms with Gasteiger partial charge in [-0.15, -0.1) is 0 Å². The van der Waals surface area contributed by atoms with Crippen LogP contribution in [0.2, 0.25) is 0 Å². The minimum absolute atomic E-state index is 0.0247. The summed E-state index contributed by atoms with van der Waals surface area (Å²) >= 11 is 0. The maximum atomic E-state index is 11.8. The topological polar surface area (TPSA) is 56.1 Å². The largest absolute Gasteiger partial charge is 0.326 e. The lowest BCUT2D eigenvalue weighted by Gasteiger charge is -2.20. The van der Waals surface area contributed by atoms with Crippen molar-refractivity contribution in [1.29, 1.82) is 5.26 Å². The highest BCUT2D eigenvalue weighted by Gasteiger charge is 2.06. The molecule has 0 aliphatic heterocycles. The van der Waals surface area contributed by atoms with E-state index in [2.05, 4.69) is 37.2 Å². The predicted molar refractivity (Wildman–Crippen MR) is 86.0 cm³/mol. The van der Waals surface area contributed by atoms with Crippen molar-refractivity contribution in [2.24, 2.45) is 5.92 Å². The van der Waals surface area contributed by atoms with Crippen LogP contribution in [0.15, 0.2) is 24.3 Å². The number of nitriles is 1. The van der Waals surface area contributed by atoms with Crippen molar-refractivity contribution in [3.63, 3.8) is 0 Å². The molecule has 0 saturated carbocycles. The highest BCUT2D eigenvalue weighted by molar-refractivity contribution is 5.90. The summed E-state index contributed by atoms with van der Waals surface area (Å²) in [5.74, 6) is 0.721. The van der Waals surface area contributed by atoms with E-state index in [0.717, 1.165) is 25.2 Å². The first-order chi connectivity index (χ1) is 10.0. The quantitative estimate of drug-likeness (QED) is 0.798. The van der Waals surface area contributed by atoms with Crippen molar-refractivity contribution in [1.82, 2.24) is 4.90 Å². The summed E-state index contributed by atoms with van der Waals surface area (Å²) in [6, 6.07) is 8.97. The van der Waals surface area contributed by atoms with Crippen molar-refractivity contribution in [3.05, 3.63) is 29.8 Å². The van der Waals surface area contributed by atoms with Crippen LogP contribution in [-0.4, -0.2) is 30.9 Å². The molecule has 1 unspecified atom stereocenters. The molecule has 1 rings (SSSR count). The van der Waals surface area contributed by atoms with Gasteiger partial charge in [0.2, 0.25) is 5.91 Å². The van der Waals surface area contributed by atoms with Crippen LogP contribution in [0.25, 0.3) is 0 Å². The monoisotopic (exact) mass is 287 g/mol. The van der Waals surface area contributed by atoms with Crippen LogP contribution in [-0.2, 0) is 4.79 Å². The molecule has 0 bridgehead atoms. The zero-order valence-electron chi connectivity index (χ0n) is 13.2. The molecule has 0 heterocycles. The van der Waals surface area contributed by atoms with E-state index in [1.807, 2.05) is 0 Å². The second kappa shape index (κ2) is 9.15. The lowest BCUT2D eigenvalue weighted by molar-refractivity contribution is -0.116. The van der Waals surface area contributed by atoms with Crippen LogP contribution in [0.1, 0.15) is 38.7 Å². The number of carbonyl (C=O) groups is 1. The zero-order chi connectivity index (χ0) is 15.7. The normalized spacial score (nSPS) is 12.0. The Morgan fingerprint density at radius 3 is 2.62 bits per heavy atom. The smallest absolute Gasteiger partial charge is 0.224 e. The van der Waals surface area contributed by atoms with Gasteiger partial charge in [0.1, 0.15) is 0 Å². The highest BCUT2D eigenvalue weighted by Crippen LogP contribution is 2.10. The highest BCUT2D eigenvalue weighted by atomic mass is 16.1. The molecular formula is C17H25N3O. The molecule has 0 saturated heterocycles. The van der Waals surface area contributed by atoms with Gasteiger partial charge < -0.3 is 10.2 Å². The van der Waals surface area contributed by atoms with Crippen LogP contribution in [0.5, 0.6) is 0 Å². The predicted octanol–water partition coefficient (Wildman–Crippen LogP) is 3.25. The number of benzene rings is 1. The van der Waals surface area contributed by atoms with Crippen LogP contribution in [0.3, 0.4) is 0 Å². The Bertz CT molecular complexity index is 476. The molecule has 0 spiro atoms. The molecular weight excluding hydrogens is 262 g/mol. The molecule has 0 fully saturated rings. The Balaban J connectivity index is 2.26. The van der Waals surface area contributed by atoms with Gasteiger partial charge >= 0.3 is 0 Å². The second-order valence-electron chi connectivity index (χ2n) is 5.62. The van der Waals surface area contributed by atoms with E-state index in [4.69, 9.17) is 5.26 Å². The molecule has 4 heteroatoms. The van der Waals surface area contributed by atoms with Crippen LogP contribution in [0, 0.1) is 17.2 Å². The first-order valence-corrected chi connectivity index (χ1v) is 7.53. The fourth-order valence-corrected chi connectivity index (χ4v) is 2.11. The van der Waals surface area contributed by atoms with Crippen LogP contribution in [0.4, 0.5) is 5.69 Å². The Kier molecular flexibility index (Phi) is 7.49. The van der Waals surface area contributed by atoms with E-state index < -0.39 is 0 Å². The van der Waals surface area contributed by atoms with Gasteiger partial charge in [-0.25, -0.2) is 0 Å². The number of rotatable bonds is 8. The minimum Gasteiger partial charge on any atom is -0.326 e. The lowest BCUT2D eigenvalue weighted by Crippen LogP contribution is -2.26. The van der Waals surface area contributed by atoms with Crippen molar-refractivity contribution >= 4 is 11.6 Å². The molecule has 1 aromatic carbocycles. The Hall–Kier alpha value is -1.86. The summed E-state index contributed by atoms with van der Waals surface area (Å²) in [6.07, 6.45) is 2.56. The average Bonchev–Trinajstić information content (AvgIpc) is 2.47. The molecule has 0 radical (unpaired) electrons. The molecule has 0 aliphatic rings. The van der Waals surface area contributed by atoms with E-state index in [1.165, 1.54) is 6.42 Å². The van der Waals surface area contributed by atoms with E-state index in [1.54, 1.807) is 24.3 Å². The SMILES string of the molecule is CCC(C)CN(C)CCCC(=O)Nc1ccc(C#N)cc1. The van der Waals surface area contributed by atoms with E-state index in [0.29, 0.717) is 17.9 Å². The lowest BCUT2D eigenvalue weighted by atomic mass is 10.1. The summed E-state index contributed by atoms with van der Waals surface area (Å²) in [5.41, 5.74) is 1.34. The van der Waals surface area contributed by atoms with Crippen LogP contribution >= 0.6 is 0 Å². The number of anilines is 1. The van der Waals surface area contributed by atoms with Gasteiger partial charge in [0.05, 0.1) is 11.6 Å². The molecule has 1 aromatic rings. The van der Waals surface area contributed by atoms with Gasteiger partial charge in [-0.05, 0) is 50.2 Å². The Morgan fingerprint density at radius 1 is 1.38 bits per heavy atom. The molecule has 0 aliphatic carbocycles. The first-order valence-electron chi connectivity index (χ1n) is 7.53. The number of nitrogens with zero attached hydrogens (tertiary/aromatic N) is 2. The zero-order valence-corrected chi connectivity index (χ0v) is 13.2. The molecule has 21 heavy (non-hydrogen) atoms. The van der Waals surface area contributed by atoms with Crippen LogP contribution < -0.4 is 5.32 Å². The number of amides is 1. The third-order valence-electron chi connectivity index (χ3n) is 3.56. The molecule has 114 valence electrons. The molecule has 1 atom stereocenters. The molecule has 1 amide bonds. The molecule has 4 nitrogen and oxygen atoms in total. The second-order valence-corrected chi connectivity index (χ2v) is 5.62. The fourth-order valence-electron chi connectivity index (χ4n) is 2.11. The standard InChI is InChI=1S/C17H25N3O/c1-4-14(2)13-20(3)11-5-6-17(21)19-16-9-7-15(12-18)8-10-16/h7-10,14H,4-6,11,13H2,1-3H3,(H,19,21). The van der Waals surface area contributed by atoms with Gasteiger partial charge in [-0.3, -0.25) is 4.79 Å². The van der Waals surface area contributed by atoms with Gasteiger partial charge in [-0.2, -0.15) is 5.26 Å². The van der Waals surface area contributed by atoms with E-state index >= 15 is 0 Å². The number of hydrogen-bond acceptors (Lipinski definition) is 3. The van der Waals surface area contributed by atoms with E-state index in [9.17, 15) is 4.79 Å². The first kappa shape index (κ1) is 17.2. The summed E-state index contributed by atoms with van der Waals surface area (Å²) in [4.78, 5) is 14.1. The Labute approximate surface area is 127 Å². The molecule has 0 aromatic heterocycles. The third-order valence-corrected chi connectivity index (χ3v) is 3.56. The van der Waals surface area contributed by atoms with Crippen molar-refractivity contribution in [2.75, 3.05) is 25.5 Å². The summed E-state index contributed by atoms with van der Waals surface area (Å²) < 4.78 is 0. The van der Waals surface area contributed by atoms with Crippen molar-refractivity contribution in [2.45, 2.75) is 33.1 Å². The van der Waals surface area contributed by atoms with E-state index in [-0.39, 0.29) is 5.91 Å². The Morgan fingerprint density at radius 2 is 2.05 bits per heavy atom. The fraction of sp³-hybridized carbons (Fsp3) is 0.529. The number of nitrogens with one attached hydrogen (secondary N) is 1. The number of carbonyl (C=O) groups excluding carboxylic acids is 1. The van der Waals surface area contributed by atoms with Gasteiger partial charge in [0.25, 0.3) is 0 Å². The minimum atomic E-state index is 0.0247. The average molecular weight is 287 g/mol. The maximum Gasteiger partial charge on any atom is 0.224 e. The van der Waals surface area contributed by atoms with Gasteiger partial charge in [-0.1, -0.05) is 20.3 Å². The van der Waals surface area contributed by atoms with Crippen molar-refractivity contribution in [3.8, 4) is 6.07 Å². The van der Waals surface area contributed by atoms with Gasteiger partial charge in [0, 0.05) is 18.7 Å². The summed E-state index contributed by atoms with van der Waals surface area (Å²) in [7, 11) is 2.10.